The number of benzene rings is 10. The van der Waals surface area contributed by atoms with E-state index in [-0.39, 0.29) is 0 Å². The van der Waals surface area contributed by atoms with Gasteiger partial charge in [0.15, 0.2) is 0 Å². The lowest BCUT2D eigenvalue weighted by Gasteiger charge is -2.21. The monoisotopic (exact) mass is 646 g/mol. The van der Waals surface area contributed by atoms with Crippen molar-refractivity contribution in [2.24, 2.45) is 0 Å². The summed E-state index contributed by atoms with van der Waals surface area (Å²) in [7, 11) is 0. The normalized spacial score (nSPS) is 11.9. The Hall–Kier alpha value is -6.70. The van der Waals surface area contributed by atoms with Crippen LogP contribution in [-0.4, -0.2) is 0 Å². The van der Waals surface area contributed by atoms with Crippen molar-refractivity contribution in [3.8, 4) is 33.4 Å². The van der Waals surface area contributed by atoms with Crippen molar-refractivity contribution in [1.29, 1.82) is 0 Å². The second kappa shape index (κ2) is 10.9. The van der Waals surface area contributed by atoms with Gasteiger partial charge in [-0.25, -0.2) is 0 Å². The maximum Gasteiger partial charge on any atom is 0.143 e. The third kappa shape index (κ3) is 4.16. The van der Waals surface area contributed by atoms with Crippen LogP contribution in [0.25, 0.3) is 109 Å². The van der Waals surface area contributed by atoms with Gasteiger partial charge in [0.1, 0.15) is 11.2 Å². The Kier molecular flexibility index (Phi) is 6.02. The Labute approximate surface area is 294 Å². The van der Waals surface area contributed by atoms with Gasteiger partial charge >= 0.3 is 0 Å². The summed E-state index contributed by atoms with van der Waals surface area (Å²) in [5, 5.41) is 14.5. The van der Waals surface area contributed by atoms with Crippen LogP contribution in [0.15, 0.2) is 186 Å². The maximum atomic E-state index is 6.92. The van der Waals surface area contributed by atoms with Crippen LogP contribution < -0.4 is 0 Å². The van der Waals surface area contributed by atoms with E-state index >= 15 is 0 Å². The molecule has 1 heterocycles. The third-order valence-corrected chi connectivity index (χ3v) is 10.8. The van der Waals surface area contributed by atoms with Crippen molar-refractivity contribution in [3.05, 3.63) is 182 Å². The molecule has 0 aliphatic carbocycles. The summed E-state index contributed by atoms with van der Waals surface area (Å²) in [6.45, 7) is 0. The van der Waals surface area contributed by atoms with Crippen molar-refractivity contribution in [3.63, 3.8) is 0 Å². The highest BCUT2D eigenvalue weighted by Crippen LogP contribution is 2.49. The molecule has 0 saturated carbocycles. The fraction of sp³-hybridized carbons (Fsp3) is 0. The smallest absolute Gasteiger partial charge is 0.143 e. The quantitative estimate of drug-likeness (QED) is 0.138. The number of para-hydroxylation sites is 1. The van der Waals surface area contributed by atoms with E-state index in [1.807, 2.05) is 0 Å². The van der Waals surface area contributed by atoms with Crippen LogP contribution in [0.5, 0.6) is 0 Å². The molecular formula is C50H30O. The predicted octanol–water partition coefficient (Wildman–Crippen LogP) is 14.4. The molecule has 0 atom stereocenters. The van der Waals surface area contributed by atoms with Crippen molar-refractivity contribution in [2.45, 2.75) is 0 Å². The van der Waals surface area contributed by atoms with Gasteiger partial charge in [0.25, 0.3) is 0 Å². The molecule has 0 bridgehead atoms. The van der Waals surface area contributed by atoms with E-state index in [9.17, 15) is 0 Å². The summed E-state index contributed by atoms with van der Waals surface area (Å²) in [5.41, 5.74) is 9.10. The van der Waals surface area contributed by atoms with E-state index in [1.165, 1.54) is 76.3 Å². The molecule has 10 aromatic carbocycles. The van der Waals surface area contributed by atoms with Crippen molar-refractivity contribution in [2.75, 3.05) is 0 Å². The molecule has 0 amide bonds. The molecule has 0 fully saturated rings. The molecule has 0 radical (unpaired) electrons. The topological polar surface area (TPSA) is 13.1 Å². The second-order valence-corrected chi connectivity index (χ2v) is 13.6. The highest BCUT2D eigenvalue weighted by molar-refractivity contribution is 6.26. The molecular weight excluding hydrogens is 617 g/mol. The lowest BCUT2D eigenvalue weighted by Crippen LogP contribution is -1.93. The summed E-state index contributed by atoms with van der Waals surface area (Å²) in [4.78, 5) is 0. The van der Waals surface area contributed by atoms with E-state index in [1.54, 1.807) is 0 Å². The Bertz CT molecular complexity index is 3130. The van der Waals surface area contributed by atoms with Crippen molar-refractivity contribution in [1.82, 2.24) is 0 Å². The summed E-state index contributed by atoms with van der Waals surface area (Å²) in [6, 6.07) is 66.3. The summed E-state index contributed by atoms with van der Waals surface area (Å²) >= 11 is 0. The minimum Gasteiger partial charge on any atom is -0.455 e. The van der Waals surface area contributed by atoms with E-state index < -0.39 is 0 Å². The van der Waals surface area contributed by atoms with E-state index in [2.05, 4.69) is 182 Å². The molecule has 0 N–H and O–H groups in total. The molecule has 0 saturated heterocycles. The molecule has 236 valence electrons. The Morgan fingerprint density at radius 2 is 0.765 bits per heavy atom. The second-order valence-electron chi connectivity index (χ2n) is 13.6. The van der Waals surface area contributed by atoms with Crippen LogP contribution >= 0.6 is 0 Å². The summed E-state index contributed by atoms with van der Waals surface area (Å²) in [5.74, 6) is 0. The molecule has 0 aliphatic heterocycles. The van der Waals surface area contributed by atoms with Crippen LogP contribution in [-0.2, 0) is 0 Å². The van der Waals surface area contributed by atoms with Gasteiger partial charge in [-0.2, -0.15) is 0 Å². The van der Waals surface area contributed by atoms with Gasteiger partial charge < -0.3 is 4.42 Å². The number of hydrogen-bond donors (Lipinski definition) is 0. The van der Waals surface area contributed by atoms with Gasteiger partial charge in [0, 0.05) is 27.3 Å². The largest absolute Gasteiger partial charge is 0.455 e. The van der Waals surface area contributed by atoms with Gasteiger partial charge in [0.2, 0.25) is 0 Å². The third-order valence-electron chi connectivity index (χ3n) is 10.8. The van der Waals surface area contributed by atoms with E-state index in [0.717, 1.165) is 32.9 Å². The molecule has 11 aromatic rings. The zero-order valence-corrected chi connectivity index (χ0v) is 27.7. The average molecular weight is 647 g/mol. The van der Waals surface area contributed by atoms with Gasteiger partial charge in [-0.05, 0) is 88.9 Å². The number of furan rings is 1. The average Bonchev–Trinajstić information content (AvgIpc) is 3.59. The molecule has 1 heteroatoms. The maximum absolute atomic E-state index is 6.92. The minimum atomic E-state index is 0.925. The molecule has 11 rings (SSSR count). The van der Waals surface area contributed by atoms with Gasteiger partial charge in [-0.3, -0.25) is 0 Å². The van der Waals surface area contributed by atoms with Gasteiger partial charge in [-0.1, -0.05) is 164 Å². The lowest BCUT2D eigenvalue weighted by atomic mass is 9.82. The van der Waals surface area contributed by atoms with Crippen molar-refractivity contribution >= 4 is 75.8 Å². The first-order valence-electron chi connectivity index (χ1n) is 17.6. The van der Waals surface area contributed by atoms with E-state index in [0.29, 0.717) is 0 Å². The van der Waals surface area contributed by atoms with Crippen LogP contribution in [0.4, 0.5) is 0 Å². The molecule has 0 spiro atoms. The molecule has 1 aromatic heterocycles. The van der Waals surface area contributed by atoms with Crippen molar-refractivity contribution < 1.29 is 4.42 Å². The van der Waals surface area contributed by atoms with E-state index in [4.69, 9.17) is 4.42 Å². The number of hydrogen-bond acceptors (Lipinski definition) is 1. The van der Waals surface area contributed by atoms with Crippen LogP contribution in [0.3, 0.4) is 0 Å². The molecule has 0 aliphatic rings. The lowest BCUT2D eigenvalue weighted by molar-refractivity contribution is 0.674. The Balaban J connectivity index is 1.27. The highest BCUT2D eigenvalue weighted by Gasteiger charge is 2.22. The first kappa shape index (κ1) is 28.2. The molecule has 0 unspecified atom stereocenters. The fourth-order valence-corrected chi connectivity index (χ4v) is 8.55. The van der Waals surface area contributed by atoms with Crippen LogP contribution in [0, 0.1) is 0 Å². The van der Waals surface area contributed by atoms with Crippen LogP contribution in [0.1, 0.15) is 0 Å². The Morgan fingerprint density at radius 1 is 0.255 bits per heavy atom. The van der Waals surface area contributed by atoms with Crippen LogP contribution in [0.2, 0.25) is 0 Å². The van der Waals surface area contributed by atoms with Gasteiger partial charge in [-0.15, -0.1) is 0 Å². The minimum absolute atomic E-state index is 0.925. The predicted molar refractivity (Wildman–Crippen MR) is 218 cm³/mol. The highest BCUT2D eigenvalue weighted by atomic mass is 16.3. The molecule has 1 nitrogen and oxygen atoms in total. The molecule has 51 heavy (non-hydrogen) atoms. The summed E-state index contributed by atoms with van der Waals surface area (Å²) in [6.07, 6.45) is 0. The first-order chi connectivity index (χ1) is 25.3. The number of rotatable bonds is 3. The zero-order valence-electron chi connectivity index (χ0n) is 27.7. The standard InChI is InChI=1S/C50H30O/c1-2-13-31(14-3-1)44-30-45-34(26-25-32-15-4-6-17-35(32)45)29-46(44)48-39-21-10-8-19-37(39)47(38-20-9-11-22-40(38)48)43-24-12-23-41-42-28-27-33-16-5-7-18-36(33)49(42)51-50(41)43/h1-30H. The first-order valence-corrected chi connectivity index (χ1v) is 17.6. The van der Waals surface area contributed by atoms with Gasteiger partial charge in [0.05, 0.1) is 0 Å². The number of fused-ring (bicyclic) bond motifs is 10. The zero-order chi connectivity index (χ0) is 33.5. The summed E-state index contributed by atoms with van der Waals surface area (Å²) < 4.78 is 6.92. The SMILES string of the molecule is c1ccc(-c2cc3c(ccc4ccccc43)cc2-c2c3ccccc3c(-c3cccc4c3oc3c5ccccc5ccc43)c3ccccc23)cc1. The fourth-order valence-electron chi connectivity index (χ4n) is 8.55. The Morgan fingerprint density at radius 3 is 1.47 bits per heavy atom.